The highest BCUT2D eigenvalue weighted by atomic mass is 35.5. The van der Waals surface area contributed by atoms with Gasteiger partial charge in [-0.1, -0.05) is 37.3 Å². The summed E-state index contributed by atoms with van der Waals surface area (Å²) >= 11 is 5.81. The lowest BCUT2D eigenvalue weighted by molar-refractivity contribution is -0.136. The third kappa shape index (κ3) is 3.49. The first-order valence-electron chi connectivity index (χ1n) is 6.61. The van der Waals surface area contributed by atoms with E-state index in [4.69, 9.17) is 11.6 Å². The minimum Gasteiger partial charge on any atom is -0.337 e. The molecule has 1 aliphatic carbocycles. The van der Waals surface area contributed by atoms with Crippen LogP contribution in [0, 0.1) is 11.8 Å². The van der Waals surface area contributed by atoms with E-state index < -0.39 is 0 Å². The molecule has 1 aromatic carbocycles. The highest BCUT2D eigenvalue weighted by Crippen LogP contribution is 2.37. The summed E-state index contributed by atoms with van der Waals surface area (Å²) in [5.41, 5.74) is 1.17. The Balaban J connectivity index is 2.00. The van der Waals surface area contributed by atoms with E-state index in [9.17, 15) is 4.79 Å². The van der Waals surface area contributed by atoms with Crippen molar-refractivity contribution < 1.29 is 4.79 Å². The zero-order chi connectivity index (χ0) is 13.0. The van der Waals surface area contributed by atoms with Crippen molar-refractivity contribution in [3.63, 3.8) is 0 Å². The van der Waals surface area contributed by atoms with E-state index in [0.717, 1.165) is 0 Å². The highest BCUT2D eigenvalue weighted by molar-refractivity contribution is 6.18. The molecule has 1 unspecified atom stereocenters. The van der Waals surface area contributed by atoms with Crippen LogP contribution in [0.3, 0.4) is 0 Å². The number of halogens is 1. The molecule has 1 amide bonds. The summed E-state index contributed by atoms with van der Waals surface area (Å²) in [6.45, 7) is 3.35. The second-order valence-electron chi connectivity index (χ2n) is 5.06. The van der Waals surface area contributed by atoms with Crippen molar-refractivity contribution in [3.8, 4) is 0 Å². The summed E-state index contributed by atoms with van der Waals surface area (Å²) in [6.07, 6.45) is 2.40. The summed E-state index contributed by atoms with van der Waals surface area (Å²) < 4.78 is 0. The molecule has 0 aliphatic heterocycles. The first-order valence-corrected chi connectivity index (χ1v) is 7.14. The van der Waals surface area contributed by atoms with Gasteiger partial charge in [0.25, 0.3) is 0 Å². The fourth-order valence-electron chi connectivity index (χ4n) is 2.26. The molecule has 1 atom stereocenters. The predicted molar refractivity (Wildman–Crippen MR) is 74.5 cm³/mol. The van der Waals surface area contributed by atoms with Gasteiger partial charge >= 0.3 is 0 Å². The fourth-order valence-corrected chi connectivity index (χ4v) is 2.46. The Morgan fingerprint density at radius 1 is 1.39 bits per heavy atom. The Morgan fingerprint density at radius 2 is 2.06 bits per heavy atom. The number of rotatable bonds is 6. The molecule has 1 saturated carbocycles. The quantitative estimate of drug-likeness (QED) is 0.723. The van der Waals surface area contributed by atoms with Crippen LogP contribution in [-0.4, -0.2) is 23.2 Å². The number of hydrogen-bond acceptors (Lipinski definition) is 1. The molecule has 0 bridgehead atoms. The summed E-state index contributed by atoms with van der Waals surface area (Å²) in [5, 5.41) is 0. The normalized spacial score (nSPS) is 16.3. The van der Waals surface area contributed by atoms with Crippen LogP contribution >= 0.6 is 11.6 Å². The maximum Gasteiger partial charge on any atom is 0.226 e. The van der Waals surface area contributed by atoms with Crippen LogP contribution in [0.4, 0.5) is 0 Å². The Hall–Kier alpha value is -1.02. The van der Waals surface area contributed by atoms with E-state index >= 15 is 0 Å². The van der Waals surface area contributed by atoms with Crippen LogP contribution < -0.4 is 0 Å². The van der Waals surface area contributed by atoms with E-state index in [-0.39, 0.29) is 11.8 Å². The Labute approximate surface area is 114 Å². The molecular formula is C15H20ClNO. The lowest BCUT2D eigenvalue weighted by Gasteiger charge is -2.25. The zero-order valence-corrected chi connectivity index (χ0v) is 11.6. The third-order valence-corrected chi connectivity index (χ3v) is 3.77. The van der Waals surface area contributed by atoms with Gasteiger partial charge in [0.2, 0.25) is 5.91 Å². The lowest BCUT2D eigenvalue weighted by Crippen LogP contribution is -2.36. The molecule has 2 nitrogen and oxygen atoms in total. The molecule has 1 fully saturated rings. The first-order chi connectivity index (χ1) is 8.72. The summed E-state index contributed by atoms with van der Waals surface area (Å²) in [4.78, 5) is 14.3. The lowest BCUT2D eigenvalue weighted by atomic mass is 10.0. The van der Waals surface area contributed by atoms with E-state index in [2.05, 4.69) is 12.1 Å². The van der Waals surface area contributed by atoms with Crippen molar-refractivity contribution in [3.05, 3.63) is 35.9 Å². The Kier molecular flexibility index (Phi) is 4.65. The molecule has 0 aromatic heterocycles. The molecule has 3 heteroatoms. The molecule has 0 N–H and O–H groups in total. The number of nitrogens with zero attached hydrogens (tertiary/aromatic N) is 1. The summed E-state index contributed by atoms with van der Waals surface area (Å²) in [6, 6.07) is 10.1. The molecule has 0 radical (unpaired) electrons. The molecule has 18 heavy (non-hydrogen) atoms. The molecule has 0 heterocycles. The van der Waals surface area contributed by atoms with Crippen LogP contribution in [-0.2, 0) is 11.3 Å². The molecule has 0 spiro atoms. The number of amides is 1. The van der Waals surface area contributed by atoms with Crippen LogP contribution in [0.15, 0.2) is 30.3 Å². The smallest absolute Gasteiger partial charge is 0.226 e. The van der Waals surface area contributed by atoms with Crippen molar-refractivity contribution in [1.82, 2.24) is 4.90 Å². The Morgan fingerprint density at radius 3 is 2.61 bits per heavy atom. The van der Waals surface area contributed by atoms with Crippen LogP contribution in [0.2, 0.25) is 0 Å². The minimum atomic E-state index is 0.150. The molecule has 0 saturated heterocycles. The average molecular weight is 266 g/mol. The van der Waals surface area contributed by atoms with Gasteiger partial charge in [-0.15, -0.1) is 11.6 Å². The number of hydrogen-bond donors (Lipinski definition) is 0. The van der Waals surface area contributed by atoms with Crippen molar-refractivity contribution in [2.75, 3.05) is 12.4 Å². The maximum absolute atomic E-state index is 12.4. The van der Waals surface area contributed by atoms with Gasteiger partial charge in [0.15, 0.2) is 0 Å². The molecule has 2 rings (SSSR count). The van der Waals surface area contributed by atoms with Gasteiger partial charge in [0, 0.05) is 24.9 Å². The van der Waals surface area contributed by atoms with E-state index in [1.807, 2.05) is 30.0 Å². The SMILES string of the molecule is CC(C(=O)N(CCCl)Cc1ccccc1)C1CC1. The zero-order valence-electron chi connectivity index (χ0n) is 10.8. The van der Waals surface area contributed by atoms with Crippen LogP contribution in [0.25, 0.3) is 0 Å². The maximum atomic E-state index is 12.4. The average Bonchev–Trinajstić information content (AvgIpc) is 3.22. The fraction of sp³-hybridized carbons (Fsp3) is 0.533. The monoisotopic (exact) mass is 265 g/mol. The van der Waals surface area contributed by atoms with Gasteiger partial charge in [-0.2, -0.15) is 0 Å². The second kappa shape index (κ2) is 6.24. The standard InChI is InChI=1S/C15H20ClNO/c1-12(14-7-8-14)15(18)17(10-9-16)11-13-5-3-2-4-6-13/h2-6,12,14H,7-11H2,1H3. The van der Waals surface area contributed by atoms with E-state index in [1.165, 1.54) is 18.4 Å². The van der Waals surface area contributed by atoms with Gasteiger partial charge in [-0.3, -0.25) is 4.79 Å². The number of carbonyl (C=O) groups excluding carboxylic acids is 1. The number of alkyl halides is 1. The van der Waals surface area contributed by atoms with Crippen LogP contribution in [0.1, 0.15) is 25.3 Å². The van der Waals surface area contributed by atoms with Crippen molar-refractivity contribution >= 4 is 17.5 Å². The molecule has 1 aliphatic rings. The van der Waals surface area contributed by atoms with Crippen molar-refractivity contribution in [2.24, 2.45) is 11.8 Å². The minimum absolute atomic E-state index is 0.150. The summed E-state index contributed by atoms with van der Waals surface area (Å²) in [5.74, 6) is 1.50. The van der Waals surface area contributed by atoms with Gasteiger partial charge in [0.1, 0.15) is 0 Å². The molecule has 98 valence electrons. The van der Waals surface area contributed by atoms with Crippen molar-refractivity contribution in [2.45, 2.75) is 26.3 Å². The van der Waals surface area contributed by atoms with Crippen LogP contribution in [0.5, 0.6) is 0 Å². The first kappa shape index (κ1) is 13.4. The third-order valence-electron chi connectivity index (χ3n) is 3.60. The highest BCUT2D eigenvalue weighted by Gasteiger charge is 2.34. The predicted octanol–water partition coefficient (Wildman–Crippen LogP) is 3.30. The van der Waals surface area contributed by atoms with E-state index in [0.29, 0.717) is 24.9 Å². The summed E-state index contributed by atoms with van der Waals surface area (Å²) in [7, 11) is 0. The van der Waals surface area contributed by atoms with E-state index in [1.54, 1.807) is 0 Å². The van der Waals surface area contributed by atoms with Gasteiger partial charge in [0.05, 0.1) is 0 Å². The molecule has 1 aromatic rings. The second-order valence-corrected chi connectivity index (χ2v) is 5.44. The largest absolute Gasteiger partial charge is 0.337 e. The Bertz CT molecular complexity index is 389. The van der Waals surface area contributed by atoms with Gasteiger partial charge in [-0.25, -0.2) is 0 Å². The van der Waals surface area contributed by atoms with Gasteiger partial charge in [-0.05, 0) is 24.3 Å². The molecular weight excluding hydrogens is 246 g/mol. The number of carbonyl (C=O) groups is 1. The number of benzene rings is 1. The van der Waals surface area contributed by atoms with Gasteiger partial charge < -0.3 is 4.90 Å². The topological polar surface area (TPSA) is 20.3 Å². The van der Waals surface area contributed by atoms with Crippen molar-refractivity contribution in [1.29, 1.82) is 0 Å².